The molecule has 1 aliphatic rings. The largest absolute Gasteiger partial charge is 0.442 e. The zero-order valence-corrected chi connectivity index (χ0v) is 15.9. The van der Waals surface area contributed by atoms with E-state index >= 15 is 0 Å². The molecule has 8 heteroatoms. The van der Waals surface area contributed by atoms with Gasteiger partial charge in [-0.05, 0) is 12.5 Å². The van der Waals surface area contributed by atoms with Gasteiger partial charge in [0.25, 0.3) is 11.5 Å². The minimum Gasteiger partial charge on any atom is -0.442 e. The van der Waals surface area contributed by atoms with Crippen LogP contribution in [0.3, 0.4) is 0 Å². The Hall–Kier alpha value is -2.64. The number of furan rings is 1. The van der Waals surface area contributed by atoms with E-state index in [1.807, 2.05) is 30.3 Å². The van der Waals surface area contributed by atoms with Crippen LogP contribution < -0.4 is 11.3 Å². The third kappa shape index (κ3) is 3.13. The summed E-state index contributed by atoms with van der Waals surface area (Å²) >= 11 is 0. The van der Waals surface area contributed by atoms with Crippen molar-refractivity contribution in [1.82, 2.24) is 14.5 Å². The van der Waals surface area contributed by atoms with Gasteiger partial charge in [0.1, 0.15) is 17.5 Å². The highest BCUT2D eigenvalue weighted by molar-refractivity contribution is 6.06. The fourth-order valence-electron chi connectivity index (χ4n) is 3.65. The molecule has 0 unspecified atom stereocenters. The predicted molar refractivity (Wildman–Crippen MR) is 104 cm³/mol. The summed E-state index contributed by atoms with van der Waals surface area (Å²) in [5.41, 5.74) is 7.60. The van der Waals surface area contributed by atoms with Gasteiger partial charge in [0.15, 0.2) is 0 Å². The van der Waals surface area contributed by atoms with Gasteiger partial charge in [-0.3, -0.25) is 9.59 Å². The van der Waals surface area contributed by atoms with Crippen molar-refractivity contribution >= 4 is 29.4 Å². The van der Waals surface area contributed by atoms with Crippen molar-refractivity contribution in [2.75, 3.05) is 13.1 Å². The van der Waals surface area contributed by atoms with Crippen LogP contribution in [0, 0.1) is 6.92 Å². The number of hydrogen-bond acceptors (Lipinski definition) is 5. The Kier molecular flexibility index (Phi) is 5.08. The van der Waals surface area contributed by atoms with Crippen LogP contribution >= 0.6 is 12.4 Å². The SMILES string of the molecule is Cc1oc2ncn(C)c(=O)c2c1C(=O)N1C[C@@H](N)[C@H](c2ccccc2)C1.Cl. The van der Waals surface area contributed by atoms with Gasteiger partial charge >= 0.3 is 0 Å². The number of nitrogens with zero attached hydrogens (tertiary/aromatic N) is 3. The molecule has 2 aromatic heterocycles. The van der Waals surface area contributed by atoms with E-state index in [9.17, 15) is 9.59 Å². The standard InChI is InChI=1S/C19H20N4O3.ClH/c1-11-15(16-17(26-11)21-10-22(2)18(16)24)19(25)23-8-13(14(20)9-23)12-6-4-3-5-7-12;/h3-7,10,13-14H,8-9,20H2,1-2H3;1H/t13-,14+;/m0./s1. The minimum atomic E-state index is -0.293. The highest BCUT2D eigenvalue weighted by atomic mass is 35.5. The fraction of sp³-hybridized carbons (Fsp3) is 0.316. The molecule has 1 aromatic carbocycles. The molecule has 1 fully saturated rings. The van der Waals surface area contributed by atoms with E-state index in [1.165, 1.54) is 10.9 Å². The van der Waals surface area contributed by atoms with Crippen molar-refractivity contribution < 1.29 is 9.21 Å². The van der Waals surface area contributed by atoms with Crippen LogP contribution in [-0.4, -0.2) is 39.5 Å². The number of likely N-dealkylation sites (tertiary alicyclic amines) is 1. The lowest BCUT2D eigenvalue weighted by atomic mass is 9.95. The maximum atomic E-state index is 13.2. The molecule has 4 rings (SSSR count). The van der Waals surface area contributed by atoms with Crippen LogP contribution in [0.2, 0.25) is 0 Å². The lowest BCUT2D eigenvalue weighted by molar-refractivity contribution is 0.0789. The van der Waals surface area contributed by atoms with Gasteiger partial charge in [-0.25, -0.2) is 4.98 Å². The van der Waals surface area contributed by atoms with E-state index in [0.717, 1.165) is 5.56 Å². The molecule has 2 N–H and O–H groups in total. The third-order valence-corrected chi connectivity index (χ3v) is 5.04. The van der Waals surface area contributed by atoms with Crippen molar-refractivity contribution in [2.24, 2.45) is 12.8 Å². The predicted octanol–water partition coefficient (Wildman–Crippen LogP) is 1.82. The Morgan fingerprint density at radius 2 is 1.96 bits per heavy atom. The number of rotatable bonds is 2. The summed E-state index contributed by atoms with van der Waals surface area (Å²) in [4.78, 5) is 31.5. The summed E-state index contributed by atoms with van der Waals surface area (Å²) in [6.07, 6.45) is 1.39. The third-order valence-electron chi connectivity index (χ3n) is 5.04. The molecule has 27 heavy (non-hydrogen) atoms. The van der Waals surface area contributed by atoms with Gasteiger partial charge in [0.2, 0.25) is 5.71 Å². The number of halogens is 1. The van der Waals surface area contributed by atoms with Crippen molar-refractivity contribution in [1.29, 1.82) is 0 Å². The summed E-state index contributed by atoms with van der Waals surface area (Å²) < 4.78 is 6.89. The zero-order chi connectivity index (χ0) is 18.4. The van der Waals surface area contributed by atoms with Crippen molar-refractivity contribution in [2.45, 2.75) is 18.9 Å². The Labute approximate surface area is 162 Å². The van der Waals surface area contributed by atoms with Crippen LogP contribution in [0.1, 0.15) is 27.6 Å². The van der Waals surface area contributed by atoms with Crippen LogP contribution in [0.5, 0.6) is 0 Å². The fourth-order valence-corrected chi connectivity index (χ4v) is 3.65. The molecule has 0 radical (unpaired) electrons. The van der Waals surface area contributed by atoms with E-state index < -0.39 is 0 Å². The average Bonchev–Trinajstić information content (AvgIpc) is 3.19. The van der Waals surface area contributed by atoms with E-state index in [1.54, 1.807) is 18.9 Å². The number of carbonyl (C=O) groups is 1. The summed E-state index contributed by atoms with van der Waals surface area (Å²) in [5, 5.41) is 0.231. The molecule has 3 heterocycles. The van der Waals surface area contributed by atoms with Gasteiger partial charge < -0.3 is 19.6 Å². The number of aryl methyl sites for hydroxylation is 2. The number of benzene rings is 1. The first-order chi connectivity index (χ1) is 12.5. The van der Waals surface area contributed by atoms with E-state index in [4.69, 9.17) is 10.2 Å². The molecule has 0 saturated carbocycles. The summed E-state index contributed by atoms with van der Waals surface area (Å²) in [6, 6.07) is 9.79. The number of carbonyl (C=O) groups excluding carboxylic acids is 1. The summed E-state index contributed by atoms with van der Waals surface area (Å²) in [5.74, 6) is 0.234. The van der Waals surface area contributed by atoms with Gasteiger partial charge in [-0.1, -0.05) is 30.3 Å². The van der Waals surface area contributed by atoms with Crippen LogP contribution in [0.25, 0.3) is 11.1 Å². The van der Waals surface area contributed by atoms with Gasteiger partial charge in [0.05, 0.1) is 5.56 Å². The van der Waals surface area contributed by atoms with Gasteiger partial charge in [-0.15, -0.1) is 12.4 Å². The molecule has 0 spiro atoms. The Morgan fingerprint density at radius 3 is 2.67 bits per heavy atom. The van der Waals surface area contributed by atoms with E-state index in [2.05, 4.69) is 4.98 Å². The van der Waals surface area contributed by atoms with Crippen LogP contribution in [0.15, 0.2) is 45.9 Å². The van der Waals surface area contributed by atoms with E-state index in [0.29, 0.717) is 18.8 Å². The molecular weight excluding hydrogens is 368 g/mol. The smallest absolute Gasteiger partial charge is 0.265 e. The quantitative estimate of drug-likeness (QED) is 0.722. The molecule has 0 aliphatic carbocycles. The molecule has 1 saturated heterocycles. The lowest BCUT2D eigenvalue weighted by Gasteiger charge is -2.16. The molecule has 3 aromatic rings. The Balaban J connectivity index is 0.00000210. The molecule has 2 atom stereocenters. The molecule has 1 aliphatic heterocycles. The maximum absolute atomic E-state index is 13.2. The van der Waals surface area contributed by atoms with Gasteiger partial charge in [0, 0.05) is 32.1 Å². The topological polar surface area (TPSA) is 94.4 Å². The van der Waals surface area contributed by atoms with Gasteiger partial charge in [-0.2, -0.15) is 0 Å². The second-order valence-corrected chi connectivity index (χ2v) is 6.77. The molecule has 1 amide bonds. The summed E-state index contributed by atoms with van der Waals surface area (Å²) in [6.45, 7) is 2.63. The highest BCUT2D eigenvalue weighted by Crippen LogP contribution is 2.29. The first-order valence-electron chi connectivity index (χ1n) is 8.52. The highest BCUT2D eigenvalue weighted by Gasteiger charge is 2.36. The monoisotopic (exact) mass is 388 g/mol. The molecular formula is C19H21ClN4O3. The second-order valence-electron chi connectivity index (χ2n) is 6.77. The number of amides is 1. The number of fused-ring (bicyclic) bond motifs is 1. The number of aromatic nitrogens is 2. The molecule has 142 valence electrons. The summed E-state index contributed by atoms with van der Waals surface area (Å²) in [7, 11) is 1.60. The maximum Gasteiger partial charge on any atom is 0.265 e. The Morgan fingerprint density at radius 1 is 1.26 bits per heavy atom. The molecule has 7 nitrogen and oxygen atoms in total. The van der Waals surface area contributed by atoms with Crippen LogP contribution in [-0.2, 0) is 7.05 Å². The first kappa shape index (κ1) is 19.1. The second kappa shape index (κ2) is 7.17. The van der Waals surface area contributed by atoms with Crippen molar-refractivity contribution in [3.05, 3.63) is 63.9 Å². The number of hydrogen-bond donors (Lipinski definition) is 1. The van der Waals surface area contributed by atoms with E-state index in [-0.39, 0.29) is 52.5 Å². The minimum absolute atomic E-state index is 0. The van der Waals surface area contributed by atoms with Crippen molar-refractivity contribution in [3.63, 3.8) is 0 Å². The average molecular weight is 389 g/mol. The zero-order valence-electron chi connectivity index (χ0n) is 15.1. The molecule has 0 bridgehead atoms. The Bertz CT molecular complexity index is 1040. The number of nitrogens with two attached hydrogens (primary N) is 1. The lowest BCUT2D eigenvalue weighted by Crippen LogP contribution is -2.33. The first-order valence-corrected chi connectivity index (χ1v) is 8.52. The normalized spacial score (nSPS) is 19.3. The van der Waals surface area contributed by atoms with Crippen LogP contribution in [0.4, 0.5) is 0 Å². The van der Waals surface area contributed by atoms with Crippen molar-refractivity contribution in [3.8, 4) is 0 Å².